The standard InChI is InChI=1S/C28H27F3N6O3/c1-27(2)21-22(27)26(39)36(25(21)38)11-15-7-20-23(33-14-34-37(20)12-15)19-9-17(28(29,30)31)8-16-3-5-35(24(16)19)13-18-10-32-4-6-40-18/h3,5,7-9,12,14,18,21-22,32H,4,6,10-11,13H2,1-2H3/t18-,21?,22?/m0/s1. The first-order chi connectivity index (χ1) is 19.0. The molecule has 1 aromatic carbocycles. The Morgan fingerprint density at radius 1 is 1.15 bits per heavy atom. The number of piperidine rings is 1. The number of carbonyl (C=O) groups excluding carboxylic acids is 2. The van der Waals surface area contributed by atoms with E-state index in [0.29, 0.717) is 52.9 Å². The minimum absolute atomic E-state index is 0.0734. The van der Waals surface area contributed by atoms with Gasteiger partial charge in [0.05, 0.1) is 59.9 Å². The number of morpholine rings is 1. The molecule has 3 aromatic heterocycles. The summed E-state index contributed by atoms with van der Waals surface area (Å²) in [6, 6.07) is 5.67. The summed E-state index contributed by atoms with van der Waals surface area (Å²) in [6.07, 6.45) is 0.0660. The smallest absolute Gasteiger partial charge is 0.374 e. The predicted octanol–water partition coefficient (Wildman–Crippen LogP) is 3.50. The number of hydrogen-bond acceptors (Lipinski definition) is 6. The number of imide groups is 1. The SMILES string of the molecule is CC1(C)C2C(=O)N(Cc3cc4c(-c5cc(C(F)(F)F)cc6ccn(C[C@@H]7CNCCO7)c56)ncnn4c3)C(=O)C21. The van der Waals surface area contributed by atoms with E-state index >= 15 is 0 Å². The molecular formula is C28H27F3N6O3. The summed E-state index contributed by atoms with van der Waals surface area (Å²) >= 11 is 0. The second-order valence-electron chi connectivity index (χ2n) is 11.5. The second kappa shape index (κ2) is 8.61. The number of amides is 2. The predicted molar refractivity (Wildman–Crippen MR) is 138 cm³/mol. The molecule has 5 heterocycles. The number of likely N-dealkylation sites (tertiary alicyclic amines) is 1. The maximum absolute atomic E-state index is 14.0. The lowest BCUT2D eigenvalue weighted by atomic mass is 10.0. The summed E-state index contributed by atoms with van der Waals surface area (Å²) in [4.78, 5) is 31.5. The van der Waals surface area contributed by atoms with Gasteiger partial charge in [-0.05, 0) is 35.2 Å². The number of nitrogens with zero attached hydrogens (tertiary/aromatic N) is 5. The number of carbonyl (C=O) groups is 2. The van der Waals surface area contributed by atoms with Gasteiger partial charge in [0, 0.05) is 36.4 Å². The van der Waals surface area contributed by atoms with Gasteiger partial charge in [-0.15, -0.1) is 0 Å². The van der Waals surface area contributed by atoms with Gasteiger partial charge in [0.2, 0.25) is 11.8 Å². The Kier molecular flexibility index (Phi) is 5.43. The molecule has 0 bridgehead atoms. The number of aromatic nitrogens is 4. The van der Waals surface area contributed by atoms with Crippen molar-refractivity contribution in [2.75, 3.05) is 19.7 Å². The second-order valence-corrected chi connectivity index (χ2v) is 11.5. The van der Waals surface area contributed by atoms with E-state index < -0.39 is 11.7 Å². The Morgan fingerprint density at radius 3 is 2.62 bits per heavy atom. The average molecular weight is 553 g/mol. The summed E-state index contributed by atoms with van der Waals surface area (Å²) < 4.78 is 51.2. The maximum Gasteiger partial charge on any atom is 0.416 e. The fourth-order valence-electron chi connectivity index (χ4n) is 6.42. The number of alkyl halides is 3. The number of benzene rings is 1. The normalized spacial score (nSPS) is 24.3. The van der Waals surface area contributed by atoms with E-state index in [2.05, 4.69) is 15.4 Å². The van der Waals surface area contributed by atoms with Crippen molar-refractivity contribution in [3.63, 3.8) is 0 Å². The first-order valence-corrected chi connectivity index (χ1v) is 13.2. The van der Waals surface area contributed by atoms with E-state index in [4.69, 9.17) is 4.74 Å². The van der Waals surface area contributed by atoms with Crippen LogP contribution < -0.4 is 5.32 Å². The third-order valence-corrected chi connectivity index (χ3v) is 8.54. The van der Waals surface area contributed by atoms with Gasteiger partial charge in [-0.1, -0.05) is 13.8 Å². The quantitative estimate of drug-likeness (QED) is 0.381. The number of nitrogens with one attached hydrogen (secondary N) is 1. The molecular weight excluding hydrogens is 525 g/mol. The van der Waals surface area contributed by atoms with Crippen molar-refractivity contribution >= 4 is 28.2 Å². The van der Waals surface area contributed by atoms with Crippen LogP contribution in [0.25, 0.3) is 27.7 Å². The molecule has 9 nitrogen and oxygen atoms in total. The van der Waals surface area contributed by atoms with Crippen molar-refractivity contribution in [3.05, 3.63) is 54.1 Å². The van der Waals surface area contributed by atoms with Gasteiger partial charge in [-0.3, -0.25) is 14.5 Å². The first-order valence-electron chi connectivity index (χ1n) is 13.2. The molecule has 40 heavy (non-hydrogen) atoms. The van der Waals surface area contributed by atoms with E-state index in [1.54, 1.807) is 24.5 Å². The fraction of sp³-hybridized carbons (Fsp3) is 0.429. The summed E-state index contributed by atoms with van der Waals surface area (Å²) in [6.45, 7) is 6.34. The molecule has 1 N–H and O–H groups in total. The first kappa shape index (κ1) is 25.2. The van der Waals surface area contributed by atoms with Crippen LogP contribution in [0.2, 0.25) is 0 Å². The van der Waals surface area contributed by atoms with Crippen LogP contribution in [0.5, 0.6) is 0 Å². The third kappa shape index (κ3) is 3.84. The van der Waals surface area contributed by atoms with Gasteiger partial charge in [-0.2, -0.15) is 18.3 Å². The van der Waals surface area contributed by atoms with Gasteiger partial charge >= 0.3 is 6.18 Å². The Bertz CT molecular complexity index is 1660. The fourth-order valence-corrected chi connectivity index (χ4v) is 6.42. The Morgan fingerprint density at radius 2 is 1.93 bits per heavy atom. The molecule has 7 rings (SSSR count). The van der Waals surface area contributed by atoms with E-state index in [0.717, 1.165) is 18.7 Å². The molecule has 1 saturated carbocycles. The highest BCUT2D eigenvalue weighted by Crippen LogP contribution is 2.63. The van der Waals surface area contributed by atoms with E-state index in [-0.39, 0.29) is 41.7 Å². The van der Waals surface area contributed by atoms with Crippen LogP contribution >= 0.6 is 0 Å². The van der Waals surface area contributed by atoms with Crippen molar-refractivity contribution in [1.82, 2.24) is 29.4 Å². The van der Waals surface area contributed by atoms with Crippen molar-refractivity contribution in [2.24, 2.45) is 17.3 Å². The van der Waals surface area contributed by atoms with Crippen molar-refractivity contribution in [2.45, 2.75) is 39.2 Å². The number of fused-ring (bicyclic) bond motifs is 3. The molecule has 2 saturated heterocycles. The maximum atomic E-state index is 14.0. The molecule has 2 amide bonds. The van der Waals surface area contributed by atoms with Crippen LogP contribution in [0.3, 0.4) is 0 Å². The third-order valence-electron chi connectivity index (χ3n) is 8.54. The van der Waals surface area contributed by atoms with Gasteiger partial charge in [-0.25, -0.2) is 9.50 Å². The zero-order valence-electron chi connectivity index (χ0n) is 21.9. The molecule has 0 radical (unpaired) electrons. The molecule has 2 unspecified atom stereocenters. The molecule has 3 atom stereocenters. The minimum Gasteiger partial charge on any atom is -0.374 e. The monoisotopic (exact) mass is 552 g/mol. The van der Waals surface area contributed by atoms with E-state index in [9.17, 15) is 22.8 Å². The average Bonchev–Trinajstić information content (AvgIpc) is 3.26. The van der Waals surface area contributed by atoms with Crippen LogP contribution in [0.15, 0.2) is 43.0 Å². The van der Waals surface area contributed by atoms with Crippen LogP contribution in [-0.4, -0.2) is 61.7 Å². The van der Waals surface area contributed by atoms with Crippen LogP contribution in [0.1, 0.15) is 25.0 Å². The van der Waals surface area contributed by atoms with E-state index in [1.165, 1.54) is 15.7 Å². The number of halogens is 3. The van der Waals surface area contributed by atoms with Crippen LogP contribution in [0.4, 0.5) is 13.2 Å². The Labute approximate surface area is 226 Å². The highest BCUT2D eigenvalue weighted by molar-refractivity contribution is 6.10. The molecule has 4 aromatic rings. The van der Waals surface area contributed by atoms with E-state index in [1.807, 2.05) is 18.4 Å². The lowest BCUT2D eigenvalue weighted by Gasteiger charge is -2.24. The molecule has 12 heteroatoms. The van der Waals surface area contributed by atoms with Crippen molar-refractivity contribution in [3.8, 4) is 11.3 Å². The summed E-state index contributed by atoms with van der Waals surface area (Å²) in [7, 11) is 0. The molecule has 1 aliphatic carbocycles. The van der Waals surface area contributed by atoms with Gasteiger partial charge in [0.15, 0.2) is 0 Å². The molecule has 3 fully saturated rings. The summed E-state index contributed by atoms with van der Waals surface area (Å²) in [5, 5.41) is 7.98. The summed E-state index contributed by atoms with van der Waals surface area (Å²) in [5.74, 6) is -0.944. The minimum atomic E-state index is -4.55. The highest BCUT2D eigenvalue weighted by Gasteiger charge is 2.72. The lowest BCUT2D eigenvalue weighted by molar-refractivity contribution is -0.144. The topological polar surface area (TPSA) is 93.8 Å². The zero-order valence-corrected chi connectivity index (χ0v) is 21.9. The van der Waals surface area contributed by atoms with Gasteiger partial charge in [0.25, 0.3) is 0 Å². The number of ether oxygens (including phenoxy) is 1. The molecule has 0 spiro atoms. The number of rotatable bonds is 5. The zero-order chi connectivity index (χ0) is 28.0. The Balaban J connectivity index is 1.31. The molecule has 2 aliphatic heterocycles. The largest absolute Gasteiger partial charge is 0.416 e. The summed E-state index contributed by atoms with van der Waals surface area (Å²) in [5.41, 5.74) is 1.28. The van der Waals surface area contributed by atoms with Crippen LogP contribution in [-0.2, 0) is 33.6 Å². The van der Waals surface area contributed by atoms with Crippen LogP contribution in [0, 0.1) is 17.3 Å². The van der Waals surface area contributed by atoms with Crippen molar-refractivity contribution < 1.29 is 27.5 Å². The Hall–Kier alpha value is -3.77. The highest BCUT2D eigenvalue weighted by atomic mass is 19.4. The molecule has 208 valence electrons. The van der Waals surface area contributed by atoms with Crippen molar-refractivity contribution in [1.29, 1.82) is 0 Å². The van der Waals surface area contributed by atoms with Gasteiger partial charge in [0.1, 0.15) is 6.33 Å². The van der Waals surface area contributed by atoms with Gasteiger partial charge < -0.3 is 14.6 Å². The number of hydrogen-bond donors (Lipinski definition) is 1. The lowest BCUT2D eigenvalue weighted by Crippen LogP contribution is -2.40. The molecule has 3 aliphatic rings.